The summed E-state index contributed by atoms with van der Waals surface area (Å²) < 4.78 is 4.12. The van der Waals surface area contributed by atoms with Crippen LogP contribution in [0.3, 0.4) is 0 Å². The van der Waals surface area contributed by atoms with Crippen LogP contribution in [0.2, 0.25) is 0 Å². The summed E-state index contributed by atoms with van der Waals surface area (Å²) in [6, 6.07) is 0. The van der Waals surface area contributed by atoms with Gasteiger partial charge >= 0.3 is 5.97 Å². The first-order valence-electron chi connectivity index (χ1n) is 5.65. The molecular weight excluding hydrogens is 224 g/mol. The molecule has 1 fully saturated rings. The zero-order valence-electron chi connectivity index (χ0n) is 9.56. The fourth-order valence-corrected chi connectivity index (χ4v) is 4.08. The molecule has 0 aromatic carbocycles. The van der Waals surface area contributed by atoms with Crippen LogP contribution in [0.25, 0.3) is 0 Å². The minimum Gasteiger partial charge on any atom is -0.465 e. The van der Waals surface area contributed by atoms with Crippen LogP contribution in [0.4, 0.5) is 0 Å². The average Bonchev–Trinajstić information content (AvgIpc) is 2.30. The molecule has 1 unspecified atom stereocenters. The summed E-state index contributed by atoms with van der Waals surface area (Å²) in [5, 5.41) is 0.290. The monoisotopic (exact) mass is 240 g/mol. The van der Waals surface area contributed by atoms with Crippen molar-refractivity contribution in [2.24, 2.45) is 5.92 Å². The Labute approximate surface area is 99.6 Å². The van der Waals surface area contributed by atoms with Crippen LogP contribution in [0.15, 0.2) is 12.2 Å². The van der Waals surface area contributed by atoms with Crippen LogP contribution in [0.5, 0.6) is 0 Å². The van der Waals surface area contributed by atoms with E-state index in [1.54, 1.807) is 6.92 Å². The van der Waals surface area contributed by atoms with E-state index >= 15 is 0 Å². The molecule has 0 spiro atoms. The van der Waals surface area contributed by atoms with Gasteiger partial charge in [0, 0.05) is 11.2 Å². The molecule has 0 saturated carbocycles. The van der Waals surface area contributed by atoms with Crippen molar-refractivity contribution in [1.29, 1.82) is 0 Å². The molecule has 3 rings (SSSR count). The SMILES string of the molecule is CCOC(=O)C1(C(C)=O)S[C@H]2C=C[C@@H]1CC2. The molecule has 88 valence electrons. The lowest BCUT2D eigenvalue weighted by Crippen LogP contribution is -2.54. The molecule has 2 heterocycles. The quantitative estimate of drug-likeness (QED) is 0.430. The van der Waals surface area contributed by atoms with Crippen LogP contribution < -0.4 is 0 Å². The number of ether oxygens (including phenoxy) is 1. The lowest BCUT2D eigenvalue weighted by atomic mass is 9.80. The zero-order chi connectivity index (χ0) is 11.8. The lowest BCUT2D eigenvalue weighted by Gasteiger charge is -2.44. The van der Waals surface area contributed by atoms with Crippen molar-refractivity contribution in [1.82, 2.24) is 0 Å². The van der Waals surface area contributed by atoms with E-state index in [1.807, 2.05) is 6.08 Å². The first-order chi connectivity index (χ1) is 7.61. The Bertz CT molecular complexity index is 350. The smallest absolute Gasteiger partial charge is 0.330 e. The van der Waals surface area contributed by atoms with E-state index in [0.717, 1.165) is 12.8 Å². The number of thioether (sulfide) groups is 1. The summed E-state index contributed by atoms with van der Waals surface area (Å²) in [6.07, 6.45) is 6.09. The third kappa shape index (κ3) is 1.59. The minimum absolute atomic E-state index is 0.0130. The number of carbonyl (C=O) groups excluding carboxylic acids is 2. The van der Waals surface area contributed by atoms with Crippen molar-refractivity contribution in [2.45, 2.75) is 36.7 Å². The molecule has 0 N–H and O–H groups in total. The van der Waals surface area contributed by atoms with Gasteiger partial charge in [-0.3, -0.25) is 9.59 Å². The molecule has 3 nitrogen and oxygen atoms in total. The van der Waals surface area contributed by atoms with Gasteiger partial charge in [0.1, 0.15) is 0 Å². The van der Waals surface area contributed by atoms with Crippen LogP contribution in [-0.4, -0.2) is 28.4 Å². The molecule has 3 atom stereocenters. The van der Waals surface area contributed by atoms with Gasteiger partial charge in [0.2, 0.25) is 0 Å². The predicted octanol–water partition coefficient (Wildman–Crippen LogP) is 1.96. The Morgan fingerprint density at radius 2 is 2.19 bits per heavy atom. The van der Waals surface area contributed by atoms with E-state index in [1.165, 1.54) is 18.7 Å². The fraction of sp³-hybridized carbons (Fsp3) is 0.667. The van der Waals surface area contributed by atoms with Gasteiger partial charge in [-0.05, 0) is 26.7 Å². The van der Waals surface area contributed by atoms with Crippen molar-refractivity contribution in [3.63, 3.8) is 0 Å². The van der Waals surface area contributed by atoms with Crippen LogP contribution in [0.1, 0.15) is 26.7 Å². The van der Waals surface area contributed by atoms with Gasteiger partial charge in [-0.15, -0.1) is 11.8 Å². The summed E-state index contributed by atoms with van der Waals surface area (Å²) in [5.41, 5.74) is 0. The predicted molar refractivity (Wildman–Crippen MR) is 63.3 cm³/mol. The summed E-state index contributed by atoms with van der Waals surface area (Å²) in [7, 11) is 0. The molecule has 2 bridgehead atoms. The van der Waals surface area contributed by atoms with Gasteiger partial charge in [0.25, 0.3) is 0 Å². The number of rotatable bonds is 3. The maximum absolute atomic E-state index is 12.1. The maximum Gasteiger partial charge on any atom is 0.330 e. The van der Waals surface area contributed by atoms with Crippen molar-refractivity contribution in [3.05, 3.63) is 12.2 Å². The number of allylic oxidation sites excluding steroid dienone is 1. The third-order valence-corrected chi connectivity index (χ3v) is 5.11. The molecule has 0 aromatic rings. The van der Waals surface area contributed by atoms with Crippen molar-refractivity contribution in [2.75, 3.05) is 6.61 Å². The first kappa shape index (κ1) is 11.7. The Morgan fingerprint density at radius 1 is 1.44 bits per heavy atom. The highest BCUT2D eigenvalue weighted by Crippen LogP contribution is 2.50. The molecule has 1 saturated heterocycles. The summed E-state index contributed by atoms with van der Waals surface area (Å²) >= 11 is 1.47. The highest BCUT2D eigenvalue weighted by atomic mass is 32.2. The van der Waals surface area contributed by atoms with E-state index in [0.29, 0.717) is 11.9 Å². The standard InChI is InChI=1S/C12H16O3S/c1-3-15-11(14)12(8(2)13)9-4-6-10(16-12)7-5-9/h4,6,9-10H,3,5,7H2,1-2H3/t9-,10+,12?/m1/s1. The number of Topliss-reactive ketones (excluding diaryl/α,β-unsaturated/α-hetero) is 1. The fourth-order valence-electron chi connectivity index (χ4n) is 2.48. The Hall–Kier alpha value is -0.770. The number of ketones is 1. The van der Waals surface area contributed by atoms with E-state index < -0.39 is 4.75 Å². The average molecular weight is 240 g/mol. The number of hydrogen-bond acceptors (Lipinski definition) is 4. The van der Waals surface area contributed by atoms with E-state index in [-0.39, 0.29) is 17.7 Å². The highest BCUT2D eigenvalue weighted by molar-refractivity contribution is 8.03. The molecule has 3 aliphatic rings. The van der Waals surface area contributed by atoms with Crippen LogP contribution >= 0.6 is 11.8 Å². The first-order valence-corrected chi connectivity index (χ1v) is 6.53. The summed E-state index contributed by atoms with van der Waals surface area (Å²) in [4.78, 5) is 23.9. The van der Waals surface area contributed by atoms with Gasteiger partial charge in [-0.2, -0.15) is 0 Å². The highest BCUT2D eigenvalue weighted by Gasteiger charge is 2.55. The molecule has 1 aliphatic carbocycles. The molecule has 16 heavy (non-hydrogen) atoms. The molecule has 2 aliphatic heterocycles. The van der Waals surface area contributed by atoms with E-state index in [2.05, 4.69) is 6.08 Å². The van der Waals surface area contributed by atoms with Crippen LogP contribution in [-0.2, 0) is 14.3 Å². The molecular formula is C12H16O3S. The number of carbonyl (C=O) groups is 2. The van der Waals surface area contributed by atoms with E-state index in [4.69, 9.17) is 4.74 Å². The molecule has 0 radical (unpaired) electrons. The minimum atomic E-state index is -0.965. The zero-order valence-corrected chi connectivity index (χ0v) is 10.4. The summed E-state index contributed by atoms with van der Waals surface area (Å²) in [6.45, 7) is 3.60. The second-order valence-corrected chi connectivity index (χ2v) is 5.72. The van der Waals surface area contributed by atoms with Gasteiger partial charge in [0.05, 0.1) is 6.61 Å². The lowest BCUT2D eigenvalue weighted by molar-refractivity contribution is -0.150. The largest absolute Gasteiger partial charge is 0.465 e. The van der Waals surface area contributed by atoms with Crippen molar-refractivity contribution >= 4 is 23.5 Å². The van der Waals surface area contributed by atoms with Gasteiger partial charge in [-0.25, -0.2) is 0 Å². The van der Waals surface area contributed by atoms with Crippen molar-refractivity contribution in [3.8, 4) is 0 Å². The van der Waals surface area contributed by atoms with Crippen LogP contribution in [0, 0.1) is 5.92 Å². The molecule has 0 amide bonds. The maximum atomic E-state index is 12.1. The topological polar surface area (TPSA) is 43.4 Å². The normalized spacial score (nSPS) is 36.1. The second-order valence-electron chi connectivity index (χ2n) is 4.24. The number of hydrogen-bond donors (Lipinski definition) is 0. The Kier molecular flexibility index (Phi) is 3.10. The van der Waals surface area contributed by atoms with Gasteiger partial charge in [0.15, 0.2) is 10.5 Å². The van der Waals surface area contributed by atoms with Crippen molar-refractivity contribution < 1.29 is 14.3 Å². The Balaban J connectivity index is 2.34. The molecule has 0 aromatic heterocycles. The van der Waals surface area contributed by atoms with E-state index in [9.17, 15) is 9.59 Å². The van der Waals surface area contributed by atoms with Gasteiger partial charge < -0.3 is 4.74 Å². The molecule has 4 heteroatoms. The number of fused-ring (bicyclic) bond motifs is 2. The second kappa shape index (κ2) is 4.24. The number of esters is 1. The Morgan fingerprint density at radius 3 is 2.56 bits per heavy atom. The third-order valence-electron chi connectivity index (χ3n) is 3.28. The summed E-state index contributed by atoms with van der Waals surface area (Å²) in [5.74, 6) is -0.416. The van der Waals surface area contributed by atoms with Gasteiger partial charge in [-0.1, -0.05) is 12.2 Å².